The molecule has 1 aliphatic carbocycles. The number of rotatable bonds is 3. The summed E-state index contributed by atoms with van der Waals surface area (Å²) in [5.74, 6) is 0. The van der Waals surface area contributed by atoms with E-state index in [-0.39, 0.29) is 0 Å². The molecule has 0 saturated heterocycles. The summed E-state index contributed by atoms with van der Waals surface area (Å²) in [4.78, 5) is 3.23. The van der Waals surface area contributed by atoms with Crippen LogP contribution >= 0.6 is 0 Å². The molecule has 3 rings (SSSR count). The monoisotopic (exact) mass is 200 g/mol. The maximum absolute atomic E-state index is 5.68. The number of aromatic nitrogens is 1. The van der Waals surface area contributed by atoms with E-state index >= 15 is 0 Å². The third kappa shape index (κ3) is 1.37. The zero-order valence-corrected chi connectivity index (χ0v) is 8.79. The fraction of sp³-hybridized carbons (Fsp3) is 0.385. The number of fused-ring (bicyclic) bond motifs is 1. The van der Waals surface area contributed by atoms with Crippen molar-refractivity contribution in [2.24, 2.45) is 5.73 Å². The summed E-state index contributed by atoms with van der Waals surface area (Å²) in [7, 11) is 0. The van der Waals surface area contributed by atoms with E-state index < -0.39 is 0 Å². The molecule has 0 bridgehead atoms. The van der Waals surface area contributed by atoms with Crippen molar-refractivity contribution >= 4 is 10.9 Å². The Bertz CT molecular complexity index is 480. The predicted octanol–water partition coefficient (Wildman–Crippen LogP) is 2.55. The molecule has 1 aliphatic rings. The molecule has 0 aliphatic heterocycles. The fourth-order valence-corrected chi connectivity index (χ4v) is 2.49. The lowest BCUT2D eigenvalue weighted by atomic mass is 9.92. The van der Waals surface area contributed by atoms with E-state index in [0.29, 0.717) is 5.41 Å². The molecule has 78 valence electrons. The van der Waals surface area contributed by atoms with Crippen molar-refractivity contribution in [1.82, 2.24) is 4.98 Å². The van der Waals surface area contributed by atoms with E-state index in [4.69, 9.17) is 5.73 Å². The van der Waals surface area contributed by atoms with Gasteiger partial charge in [0.05, 0.1) is 0 Å². The fourth-order valence-electron chi connectivity index (χ4n) is 2.49. The van der Waals surface area contributed by atoms with Gasteiger partial charge in [-0.25, -0.2) is 0 Å². The SMILES string of the molecule is NCCC1(c2ccc3[nH]ccc3c2)CC1. The Morgan fingerprint density at radius 3 is 2.87 bits per heavy atom. The maximum atomic E-state index is 5.68. The first-order chi connectivity index (χ1) is 7.34. The van der Waals surface area contributed by atoms with Gasteiger partial charge in [0.15, 0.2) is 0 Å². The van der Waals surface area contributed by atoms with E-state index in [1.807, 2.05) is 6.20 Å². The van der Waals surface area contributed by atoms with Gasteiger partial charge in [-0.15, -0.1) is 0 Å². The Kier molecular flexibility index (Phi) is 1.86. The molecule has 1 saturated carbocycles. The third-order valence-corrected chi connectivity index (χ3v) is 3.64. The first-order valence-electron chi connectivity index (χ1n) is 5.62. The van der Waals surface area contributed by atoms with Gasteiger partial charge in [-0.05, 0) is 60.4 Å². The minimum Gasteiger partial charge on any atom is -0.361 e. The van der Waals surface area contributed by atoms with Crippen LogP contribution in [0.4, 0.5) is 0 Å². The third-order valence-electron chi connectivity index (χ3n) is 3.64. The minimum absolute atomic E-state index is 0.417. The average molecular weight is 200 g/mol. The molecule has 3 N–H and O–H groups in total. The molecule has 0 amide bonds. The Hall–Kier alpha value is -1.28. The van der Waals surface area contributed by atoms with Gasteiger partial charge in [-0.3, -0.25) is 0 Å². The van der Waals surface area contributed by atoms with E-state index in [0.717, 1.165) is 13.0 Å². The van der Waals surface area contributed by atoms with Crippen LogP contribution in [0.2, 0.25) is 0 Å². The Balaban J connectivity index is 2.04. The zero-order valence-electron chi connectivity index (χ0n) is 8.79. The van der Waals surface area contributed by atoms with Gasteiger partial charge in [0.25, 0.3) is 0 Å². The van der Waals surface area contributed by atoms with Crippen molar-refractivity contribution in [1.29, 1.82) is 0 Å². The number of nitrogens with one attached hydrogen (secondary N) is 1. The van der Waals surface area contributed by atoms with Gasteiger partial charge in [-0.1, -0.05) is 6.07 Å². The highest BCUT2D eigenvalue weighted by molar-refractivity contribution is 5.80. The molecule has 2 aromatic rings. The topological polar surface area (TPSA) is 41.8 Å². The van der Waals surface area contributed by atoms with Crippen molar-refractivity contribution in [3.8, 4) is 0 Å². The number of hydrogen-bond donors (Lipinski definition) is 2. The molecular weight excluding hydrogens is 184 g/mol. The predicted molar refractivity (Wildman–Crippen MR) is 62.9 cm³/mol. The number of aromatic amines is 1. The second kappa shape index (κ2) is 3.11. The van der Waals surface area contributed by atoms with Crippen LogP contribution < -0.4 is 5.73 Å². The lowest BCUT2D eigenvalue weighted by Gasteiger charge is -2.14. The van der Waals surface area contributed by atoms with Gasteiger partial charge in [0, 0.05) is 11.7 Å². The molecule has 1 fully saturated rings. The van der Waals surface area contributed by atoms with E-state index in [1.54, 1.807) is 0 Å². The van der Waals surface area contributed by atoms with Gasteiger partial charge >= 0.3 is 0 Å². The van der Waals surface area contributed by atoms with Crippen LogP contribution in [-0.2, 0) is 5.41 Å². The number of hydrogen-bond acceptors (Lipinski definition) is 1. The summed E-state index contributed by atoms with van der Waals surface area (Å²) in [6.45, 7) is 0.797. The van der Waals surface area contributed by atoms with Crippen LogP contribution in [-0.4, -0.2) is 11.5 Å². The van der Waals surface area contributed by atoms with Crippen LogP contribution in [0.15, 0.2) is 30.5 Å². The first kappa shape index (κ1) is 8.98. The molecule has 15 heavy (non-hydrogen) atoms. The molecular formula is C13H16N2. The van der Waals surface area contributed by atoms with Gasteiger partial charge in [0.2, 0.25) is 0 Å². The summed E-state index contributed by atoms with van der Waals surface area (Å²) in [5.41, 5.74) is 8.79. The molecule has 1 aromatic heterocycles. The van der Waals surface area contributed by atoms with E-state index in [2.05, 4.69) is 29.2 Å². The Morgan fingerprint density at radius 2 is 2.13 bits per heavy atom. The average Bonchev–Trinajstić information content (AvgIpc) is 2.89. The standard InChI is InChI=1S/C13H16N2/c14-7-6-13(4-5-13)11-1-2-12-10(9-11)3-8-15-12/h1-3,8-9,15H,4-7,14H2. The smallest absolute Gasteiger partial charge is 0.0454 e. The van der Waals surface area contributed by atoms with Crippen molar-refractivity contribution in [2.75, 3.05) is 6.54 Å². The molecule has 2 heteroatoms. The van der Waals surface area contributed by atoms with Crippen molar-refractivity contribution in [3.63, 3.8) is 0 Å². The van der Waals surface area contributed by atoms with Crippen LogP contribution in [0, 0.1) is 0 Å². The molecule has 0 radical (unpaired) electrons. The summed E-state index contributed by atoms with van der Waals surface area (Å²) in [6.07, 6.45) is 5.74. The highest BCUT2D eigenvalue weighted by Gasteiger charge is 2.43. The second-order valence-corrected chi connectivity index (χ2v) is 4.60. The molecule has 0 atom stereocenters. The lowest BCUT2D eigenvalue weighted by Crippen LogP contribution is -2.13. The summed E-state index contributed by atoms with van der Waals surface area (Å²) < 4.78 is 0. The normalized spacial score (nSPS) is 18.2. The van der Waals surface area contributed by atoms with Gasteiger partial charge in [0.1, 0.15) is 0 Å². The molecule has 2 nitrogen and oxygen atoms in total. The number of nitrogens with two attached hydrogens (primary N) is 1. The first-order valence-corrected chi connectivity index (χ1v) is 5.62. The number of H-pyrrole nitrogens is 1. The van der Waals surface area contributed by atoms with E-state index in [1.165, 1.54) is 29.3 Å². The summed E-state index contributed by atoms with van der Waals surface area (Å²) >= 11 is 0. The Morgan fingerprint density at radius 1 is 1.27 bits per heavy atom. The maximum Gasteiger partial charge on any atom is 0.0454 e. The molecule has 1 aromatic carbocycles. The highest BCUT2D eigenvalue weighted by Crippen LogP contribution is 2.51. The van der Waals surface area contributed by atoms with Crippen LogP contribution in [0.1, 0.15) is 24.8 Å². The molecule has 0 unspecified atom stereocenters. The second-order valence-electron chi connectivity index (χ2n) is 4.60. The lowest BCUT2D eigenvalue weighted by molar-refractivity contribution is 0.630. The van der Waals surface area contributed by atoms with Gasteiger partial charge < -0.3 is 10.7 Å². The van der Waals surface area contributed by atoms with Crippen LogP contribution in [0.3, 0.4) is 0 Å². The van der Waals surface area contributed by atoms with E-state index in [9.17, 15) is 0 Å². The minimum atomic E-state index is 0.417. The van der Waals surface area contributed by atoms with Crippen LogP contribution in [0.25, 0.3) is 10.9 Å². The molecule has 0 spiro atoms. The molecule has 1 heterocycles. The Labute approximate surface area is 89.5 Å². The quantitative estimate of drug-likeness (QED) is 0.785. The summed E-state index contributed by atoms with van der Waals surface area (Å²) in [6, 6.07) is 8.88. The van der Waals surface area contributed by atoms with Crippen LogP contribution in [0.5, 0.6) is 0 Å². The van der Waals surface area contributed by atoms with Crippen molar-refractivity contribution < 1.29 is 0 Å². The van der Waals surface area contributed by atoms with Gasteiger partial charge in [-0.2, -0.15) is 0 Å². The number of benzene rings is 1. The van der Waals surface area contributed by atoms with Crippen molar-refractivity contribution in [2.45, 2.75) is 24.7 Å². The van der Waals surface area contributed by atoms with Crippen molar-refractivity contribution in [3.05, 3.63) is 36.0 Å². The zero-order chi connectivity index (χ0) is 10.3. The summed E-state index contributed by atoms with van der Waals surface area (Å²) in [5, 5.41) is 1.32. The highest BCUT2D eigenvalue weighted by atomic mass is 14.7. The largest absolute Gasteiger partial charge is 0.361 e.